The van der Waals surface area contributed by atoms with Gasteiger partial charge in [-0.15, -0.1) is 0 Å². The van der Waals surface area contributed by atoms with Gasteiger partial charge in [0, 0.05) is 5.92 Å². The Morgan fingerprint density at radius 3 is 2.58 bits per heavy atom. The van der Waals surface area contributed by atoms with Crippen molar-refractivity contribution in [1.29, 1.82) is 0 Å². The van der Waals surface area contributed by atoms with E-state index in [2.05, 4.69) is 62.7 Å². The molecule has 0 saturated carbocycles. The molecule has 0 amide bonds. The predicted octanol–water partition coefficient (Wildman–Crippen LogP) is 3.74. The van der Waals surface area contributed by atoms with Crippen molar-refractivity contribution in [2.75, 3.05) is 5.73 Å². The average Bonchev–Trinajstić information content (AvgIpc) is 3.09. The molecule has 0 spiro atoms. The molecule has 2 N–H and O–H groups in total. The second-order valence-electron chi connectivity index (χ2n) is 8.76. The maximum absolute atomic E-state index is 6.81. The smallest absolute Gasteiger partial charge is 0.192 e. The maximum atomic E-state index is 6.81. The van der Waals surface area contributed by atoms with Crippen molar-refractivity contribution in [3.05, 3.63) is 12.7 Å². The molecular formula is C18H31N5O2Si. The fraction of sp³-hybridized carbons (Fsp3) is 0.722. The summed E-state index contributed by atoms with van der Waals surface area (Å²) in [7, 11) is -1.96. The van der Waals surface area contributed by atoms with Gasteiger partial charge in [-0.2, -0.15) is 0 Å². The number of nitrogens with two attached hydrogens (primary N) is 1. The highest BCUT2D eigenvalue weighted by Crippen LogP contribution is 2.44. The molecule has 0 radical (unpaired) electrons. The number of hydrogen-bond acceptors (Lipinski definition) is 6. The molecule has 8 heteroatoms. The Balaban J connectivity index is 2.01. The van der Waals surface area contributed by atoms with Gasteiger partial charge in [-0.05, 0) is 24.6 Å². The summed E-state index contributed by atoms with van der Waals surface area (Å²) in [6, 6.07) is 0. The number of anilines is 1. The Morgan fingerprint density at radius 1 is 1.27 bits per heavy atom. The minimum absolute atomic E-state index is 0.0468. The van der Waals surface area contributed by atoms with E-state index >= 15 is 0 Å². The molecule has 2 aromatic heterocycles. The first-order chi connectivity index (χ1) is 12.1. The number of hydrogen-bond donors (Lipinski definition) is 1. The lowest BCUT2D eigenvalue weighted by atomic mass is 9.99. The first-order valence-corrected chi connectivity index (χ1v) is 12.2. The van der Waals surface area contributed by atoms with Gasteiger partial charge in [-0.1, -0.05) is 34.6 Å². The molecule has 0 bridgehead atoms. The van der Waals surface area contributed by atoms with Crippen LogP contribution in [0.4, 0.5) is 5.82 Å². The van der Waals surface area contributed by atoms with Crippen LogP contribution >= 0.6 is 0 Å². The summed E-state index contributed by atoms with van der Waals surface area (Å²) in [6.07, 6.45) is 3.99. The van der Waals surface area contributed by atoms with Crippen LogP contribution < -0.4 is 5.73 Å². The van der Waals surface area contributed by atoms with E-state index in [0.29, 0.717) is 17.0 Å². The van der Waals surface area contributed by atoms with Gasteiger partial charge in [0.2, 0.25) is 0 Å². The molecule has 1 aliphatic heterocycles. The van der Waals surface area contributed by atoms with E-state index in [-0.39, 0.29) is 29.4 Å². The van der Waals surface area contributed by atoms with Crippen LogP contribution in [0.2, 0.25) is 18.1 Å². The van der Waals surface area contributed by atoms with E-state index in [9.17, 15) is 0 Å². The summed E-state index contributed by atoms with van der Waals surface area (Å²) in [5, 5.41) is 0.130. The van der Waals surface area contributed by atoms with E-state index in [1.165, 1.54) is 6.33 Å². The summed E-state index contributed by atoms with van der Waals surface area (Å²) in [5.74, 6) is 0.671. The van der Waals surface area contributed by atoms with Crippen molar-refractivity contribution in [3.63, 3.8) is 0 Å². The number of ether oxygens (including phenoxy) is 1. The van der Waals surface area contributed by atoms with Crippen LogP contribution in [0.1, 0.15) is 47.3 Å². The number of rotatable bonds is 4. The highest BCUT2D eigenvalue weighted by atomic mass is 28.4. The molecule has 2 aromatic rings. The molecule has 1 saturated heterocycles. The van der Waals surface area contributed by atoms with Gasteiger partial charge in [0.25, 0.3) is 0 Å². The number of aromatic nitrogens is 4. The predicted molar refractivity (Wildman–Crippen MR) is 105 cm³/mol. The SMILES string of the molecule is CC[C@H]1O[C@@H](n2cnc3c(N)ncnc32)[C@@H](O[Si](C)(C)C(C)(C)C)C1C. The highest BCUT2D eigenvalue weighted by Gasteiger charge is 2.48. The van der Waals surface area contributed by atoms with E-state index in [4.69, 9.17) is 14.9 Å². The van der Waals surface area contributed by atoms with Gasteiger partial charge in [0.15, 0.2) is 26.0 Å². The topological polar surface area (TPSA) is 88.1 Å². The zero-order valence-electron chi connectivity index (χ0n) is 16.9. The summed E-state index contributed by atoms with van der Waals surface area (Å²) in [6.45, 7) is 15.7. The molecule has 26 heavy (non-hydrogen) atoms. The lowest BCUT2D eigenvalue weighted by Crippen LogP contribution is -2.46. The second kappa shape index (κ2) is 6.58. The van der Waals surface area contributed by atoms with Crippen LogP contribution in [-0.4, -0.2) is 40.0 Å². The number of nitrogen functional groups attached to an aromatic ring is 1. The lowest BCUT2D eigenvalue weighted by Gasteiger charge is -2.40. The monoisotopic (exact) mass is 377 g/mol. The third-order valence-electron chi connectivity index (χ3n) is 6.00. The minimum atomic E-state index is -1.96. The normalized spacial score (nSPS) is 27.3. The first kappa shape index (κ1) is 19.3. The van der Waals surface area contributed by atoms with E-state index in [1.807, 2.05) is 4.57 Å². The van der Waals surface area contributed by atoms with Crippen molar-refractivity contribution in [2.45, 2.75) is 77.6 Å². The quantitative estimate of drug-likeness (QED) is 0.817. The minimum Gasteiger partial charge on any atom is -0.409 e. The molecule has 1 fully saturated rings. The van der Waals surface area contributed by atoms with Crippen LogP contribution in [0.15, 0.2) is 12.7 Å². The number of imidazole rings is 1. The molecule has 144 valence electrons. The molecule has 3 rings (SSSR count). The van der Waals surface area contributed by atoms with E-state index < -0.39 is 8.32 Å². The molecular weight excluding hydrogens is 346 g/mol. The van der Waals surface area contributed by atoms with Gasteiger partial charge in [-0.3, -0.25) is 4.57 Å². The Kier molecular flexibility index (Phi) is 4.87. The van der Waals surface area contributed by atoms with Gasteiger partial charge < -0.3 is 14.9 Å². The molecule has 3 heterocycles. The highest BCUT2D eigenvalue weighted by molar-refractivity contribution is 6.74. The van der Waals surface area contributed by atoms with E-state index in [0.717, 1.165) is 6.42 Å². The van der Waals surface area contributed by atoms with Crippen molar-refractivity contribution in [3.8, 4) is 0 Å². The number of nitrogens with zero attached hydrogens (tertiary/aromatic N) is 4. The summed E-state index contributed by atoms with van der Waals surface area (Å²) < 4.78 is 15.2. The molecule has 4 atom stereocenters. The summed E-state index contributed by atoms with van der Waals surface area (Å²) in [4.78, 5) is 12.8. The molecule has 0 aromatic carbocycles. The van der Waals surface area contributed by atoms with E-state index in [1.54, 1.807) is 6.33 Å². The van der Waals surface area contributed by atoms with Gasteiger partial charge in [0.05, 0.1) is 18.5 Å². The molecule has 1 aliphatic rings. The van der Waals surface area contributed by atoms with Gasteiger partial charge in [-0.25, -0.2) is 15.0 Å². The Bertz CT molecular complexity index is 785. The van der Waals surface area contributed by atoms with Crippen LogP contribution in [0, 0.1) is 5.92 Å². The third kappa shape index (κ3) is 3.14. The Labute approximate surface area is 156 Å². The van der Waals surface area contributed by atoms with Crippen LogP contribution in [0.5, 0.6) is 0 Å². The summed E-state index contributed by atoms with van der Waals surface area (Å²) >= 11 is 0. The standard InChI is InChI=1S/C18H31N5O2Si/c1-8-12-11(2)14(25-26(6,7)18(3,4)5)17(24-12)23-10-22-13-15(19)20-9-21-16(13)23/h9-12,14,17H,8H2,1-7H3,(H2,19,20,21)/t11?,12-,14+,17-/m1/s1. The zero-order valence-corrected chi connectivity index (χ0v) is 17.9. The summed E-state index contributed by atoms with van der Waals surface area (Å²) in [5.41, 5.74) is 7.25. The Morgan fingerprint density at radius 2 is 1.96 bits per heavy atom. The first-order valence-electron chi connectivity index (χ1n) is 9.33. The van der Waals surface area contributed by atoms with Crippen molar-refractivity contribution in [2.24, 2.45) is 5.92 Å². The van der Waals surface area contributed by atoms with Crippen LogP contribution in [0.3, 0.4) is 0 Å². The number of fused-ring (bicyclic) bond motifs is 1. The van der Waals surface area contributed by atoms with Crippen molar-refractivity contribution in [1.82, 2.24) is 19.5 Å². The Hall–Kier alpha value is -1.51. The average molecular weight is 378 g/mol. The van der Waals surface area contributed by atoms with Crippen molar-refractivity contribution < 1.29 is 9.16 Å². The lowest BCUT2D eigenvalue weighted by molar-refractivity contribution is -0.0321. The largest absolute Gasteiger partial charge is 0.409 e. The maximum Gasteiger partial charge on any atom is 0.192 e. The van der Waals surface area contributed by atoms with Crippen LogP contribution in [-0.2, 0) is 9.16 Å². The molecule has 0 aliphatic carbocycles. The second-order valence-corrected chi connectivity index (χ2v) is 13.5. The van der Waals surface area contributed by atoms with Crippen molar-refractivity contribution >= 4 is 25.3 Å². The molecule has 7 nitrogen and oxygen atoms in total. The van der Waals surface area contributed by atoms with Gasteiger partial charge >= 0.3 is 0 Å². The van der Waals surface area contributed by atoms with Gasteiger partial charge in [0.1, 0.15) is 11.8 Å². The third-order valence-corrected chi connectivity index (χ3v) is 10.5. The zero-order chi connectivity index (χ0) is 19.3. The van der Waals surface area contributed by atoms with Crippen LogP contribution in [0.25, 0.3) is 11.2 Å². The molecule has 1 unspecified atom stereocenters. The fourth-order valence-corrected chi connectivity index (χ4v) is 4.65. The fourth-order valence-electron chi connectivity index (χ4n) is 3.28.